The van der Waals surface area contributed by atoms with Crippen LogP contribution < -0.4 is 9.47 Å². The molecule has 0 aliphatic heterocycles. The SMILES string of the molecule is COc1cc(N=Cc2cc(Br)cc(Br)c2O)c(OC)cc1Cl. The van der Waals surface area contributed by atoms with Gasteiger partial charge in [-0.3, -0.25) is 4.99 Å². The zero-order chi connectivity index (χ0) is 16.3. The van der Waals surface area contributed by atoms with Crippen molar-refractivity contribution in [3.8, 4) is 17.2 Å². The van der Waals surface area contributed by atoms with Crippen molar-refractivity contribution < 1.29 is 14.6 Å². The number of halogens is 3. The molecule has 0 saturated carbocycles. The highest BCUT2D eigenvalue weighted by Gasteiger charge is 2.10. The number of aromatic hydroxyl groups is 1. The highest BCUT2D eigenvalue weighted by molar-refractivity contribution is 9.11. The average molecular weight is 450 g/mol. The van der Waals surface area contributed by atoms with Gasteiger partial charge in [-0.05, 0) is 28.1 Å². The lowest BCUT2D eigenvalue weighted by atomic mass is 10.2. The van der Waals surface area contributed by atoms with Gasteiger partial charge < -0.3 is 14.6 Å². The van der Waals surface area contributed by atoms with Gasteiger partial charge in [0.2, 0.25) is 0 Å². The van der Waals surface area contributed by atoms with Crippen LogP contribution in [0.5, 0.6) is 17.2 Å². The second kappa shape index (κ2) is 7.35. The third-order valence-corrected chi connectivity index (χ3v) is 4.21. The summed E-state index contributed by atoms with van der Waals surface area (Å²) >= 11 is 12.7. The Kier molecular flexibility index (Phi) is 5.72. The molecule has 116 valence electrons. The van der Waals surface area contributed by atoms with Gasteiger partial charge >= 0.3 is 0 Å². The Balaban J connectivity index is 2.46. The van der Waals surface area contributed by atoms with Crippen molar-refractivity contribution in [3.63, 3.8) is 0 Å². The Morgan fingerprint density at radius 1 is 1.09 bits per heavy atom. The zero-order valence-electron chi connectivity index (χ0n) is 11.7. The van der Waals surface area contributed by atoms with Crippen molar-refractivity contribution in [1.29, 1.82) is 0 Å². The number of phenols is 1. The molecule has 0 aromatic heterocycles. The monoisotopic (exact) mass is 447 g/mol. The van der Waals surface area contributed by atoms with Crippen molar-refractivity contribution in [1.82, 2.24) is 0 Å². The standard InChI is InChI=1S/C15H12Br2ClNO3/c1-21-13-6-12(14(22-2)5-11(13)18)19-7-8-3-9(16)4-10(17)15(8)20/h3-7,20H,1-2H3. The van der Waals surface area contributed by atoms with Crippen LogP contribution in [-0.2, 0) is 0 Å². The van der Waals surface area contributed by atoms with E-state index < -0.39 is 0 Å². The largest absolute Gasteiger partial charge is 0.506 e. The fourth-order valence-corrected chi connectivity index (χ4v) is 3.26. The van der Waals surface area contributed by atoms with Gasteiger partial charge in [0.1, 0.15) is 22.9 Å². The van der Waals surface area contributed by atoms with Gasteiger partial charge in [0, 0.05) is 28.4 Å². The summed E-state index contributed by atoms with van der Waals surface area (Å²) in [5.74, 6) is 1.11. The van der Waals surface area contributed by atoms with Gasteiger partial charge in [-0.25, -0.2) is 0 Å². The minimum Gasteiger partial charge on any atom is -0.506 e. The van der Waals surface area contributed by atoms with Crippen LogP contribution >= 0.6 is 43.5 Å². The lowest BCUT2D eigenvalue weighted by molar-refractivity contribution is 0.404. The summed E-state index contributed by atoms with van der Waals surface area (Å²) in [4.78, 5) is 4.35. The first kappa shape index (κ1) is 17.1. The van der Waals surface area contributed by atoms with Crippen LogP contribution in [0.25, 0.3) is 0 Å². The Hall–Kier alpha value is -1.24. The second-order valence-electron chi connectivity index (χ2n) is 4.24. The number of methoxy groups -OCH3 is 2. The summed E-state index contributed by atoms with van der Waals surface area (Å²) in [5.41, 5.74) is 1.09. The molecule has 1 N–H and O–H groups in total. The number of phenolic OH excluding ortho intramolecular Hbond substituents is 1. The van der Waals surface area contributed by atoms with Crippen LogP contribution in [0, 0.1) is 0 Å². The quantitative estimate of drug-likeness (QED) is 0.641. The summed E-state index contributed by atoms with van der Waals surface area (Å²) < 4.78 is 11.8. The number of nitrogens with zero attached hydrogens (tertiary/aromatic N) is 1. The molecule has 2 aromatic rings. The Morgan fingerprint density at radius 2 is 1.77 bits per heavy atom. The van der Waals surface area contributed by atoms with Gasteiger partial charge in [-0.1, -0.05) is 27.5 Å². The number of benzene rings is 2. The average Bonchev–Trinajstić information content (AvgIpc) is 2.49. The molecule has 0 bridgehead atoms. The number of ether oxygens (including phenoxy) is 2. The van der Waals surface area contributed by atoms with E-state index in [-0.39, 0.29) is 5.75 Å². The van der Waals surface area contributed by atoms with Gasteiger partial charge in [-0.15, -0.1) is 0 Å². The molecule has 2 aromatic carbocycles. The van der Waals surface area contributed by atoms with Crippen LogP contribution in [0.1, 0.15) is 5.56 Å². The predicted octanol–water partition coefficient (Wildman–Crippen LogP) is 5.34. The lowest BCUT2D eigenvalue weighted by Crippen LogP contribution is -1.89. The fraction of sp³-hybridized carbons (Fsp3) is 0.133. The summed E-state index contributed by atoms with van der Waals surface area (Å²) in [6, 6.07) is 6.80. The molecule has 7 heteroatoms. The zero-order valence-corrected chi connectivity index (χ0v) is 15.7. The van der Waals surface area contributed by atoms with Gasteiger partial charge in [-0.2, -0.15) is 0 Å². The second-order valence-corrected chi connectivity index (χ2v) is 6.42. The van der Waals surface area contributed by atoms with E-state index in [2.05, 4.69) is 36.9 Å². The predicted molar refractivity (Wildman–Crippen MR) is 95.3 cm³/mol. The first-order chi connectivity index (χ1) is 10.5. The van der Waals surface area contributed by atoms with Crippen molar-refractivity contribution in [3.05, 3.63) is 43.8 Å². The third kappa shape index (κ3) is 3.74. The van der Waals surface area contributed by atoms with Crippen LogP contribution in [0.2, 0.25) is 5.02 Å². The number of hydrogen-bond donors (Lipinski definition) is 1. The minimum absolute atomic E-state index is 0.104. The smallest absolute Gasteiger partial charge is 0.146 e. The third-order valence-electron chi connectivity index (χ3n) is 2.85. The van der Waals surface area contributed by atoms with E-state index in [1.165, 1.54) is 20.4 Å². The van der Waals surface area contributed by atoms with E-state index >= 15 is 0 Å². The van der Waals surface area contributed by atoms with Crippen LogP contribution in [-0.4, -0.2) is 25.5 Å². The molecule has 2 rings (SSSR count). The summed E-state index contributed by atoms with van der Waals surface area (Å²) in [6.45, 7) is 0. The molecule has 0 unspecified atom stereocenters. The Morgan fingerprint density at radius 3 is 2.41 bits per heavy atom. The van der Waals surface area contributed by atoms with Crippen molar-refractivity contribution in [2.24, 2.45) is 4.99 Å². The molecule has 0 spiro atoms. The molecule has 0 heterocycles. The van der Waals surface area contributed by atoms with Crippen LogP contribution in [0.4, 0.5) is 5.69 Å². The maximum atomic E-state index is 10.0. The molecule has 0 fully saturated rings. The van der Waals surface area contributed by atoms with Crippen molar-refractivity contribution in [2.75, 3.05) is 14.2 Å². The summed E-state index contributed by atoms with van der Waals surface area (Å²) in [7, 11) is 3.06. The molecular weight excluding hydrogens is 437 g/mol. The number of hydrogen-bond acceptors (Lipinski definition) is 4. The van der Waals surface area contributed by atoms with Crippen molar-refractivity contribution >= 4 is 55.4 Å². The van der Waals surface area contributed by atoms with E-state index in [0.29, 0.717) is 32.2 Å². The van der Waals surface area contributed by atoms with Gasteiger partial charge in [0.15, 0.2) is 0 Å². The maximum Gasteiger partial charge on any atom is 0.146 e. The summed E-state index contributed by atoms with van der Waals surface area (Å²) in [6.07, 6.45) is 1.54. The van der Waals surface area contributed by atoms with Crippen LogP contribution in [0.3, 0.4) is 0 Å². The Labute approximate surface area is 150 Å². The number of rotatable bonds is 4. The molecule has 22 heavy (non-hydrogen) atoms. The summed E-state index contributed by atoms with van der Waals surface area (Å²) in [5, 5.41) is 10.5. The first-order valence-electron chi connectivity index (χ1n) is 6.10. The topological polar surface area (TPSA) is 51.0 Å². The molecule has 0 amide bonds. The van der Waals surface area contributed by atoms with Gasteiger partial charge in [0.05, 0.1) is 23.7 Å². The van der Waals surface area contributed by atoms with E-state index in [1.807, 2.05) is 0 Å². The minimum atomic E-state index is 0.104. The first-order valence-corrected chi connectivity index (χ1v) is 8.06. The molecule has 0 aliphatic carbocycles. The normalized spacial score (nSPS) is 11.0. The van der Waals surface area contributed by atoms with E-state index in [0.717, 1.165) is 4.47 Å². The Bertz CT molecular complexity index is 735. The molecule has 4 nitrogen and oxygen atoms in total. The number of aliphatic imine (C=N–C) groups is 1. The fourth-order valence-electron chi connectivity index (χ4n) is 1.77. The highest BCUT2D eigenvalue weighted by Crippen LogP contribution is 2.38. The highest BCUT2D eigenvalue weighted by atomic mass is 79.9. The van der Waals surface area contributed by atoms with E-state index in [1.54, 1.807) is 24.3 Å². The molecule has 0 aliphatic rings. The van der Waals surface area contributed by atoms with Gasteiger partial charge in [0.25, 0.3) is 0 Å². The lowest BCUT2D eigenvalue weighted by Gasteiger charge is -2.09. The van der Waals surface area contributed by atoms with Crippen LogP contribution in [0.15, 0.2) is 38.2 Å². The van der Waals surface area contributed by atoms with E-state index in [9.17, 15) is 5.11 Å². The van der Waals surface area contributed by atoms with E-state index in [4.69, 9.17) is 21.1 Å². The molecule has 0 atom stereocenters. The molecular formula is C15H12Br2ClNO3. The maximum absolute atomic E-state index is 10.0. The molecule has 0 radical (unpaired) electrons. The molecule has 0 saturated heterocycles. The van der Waals surface area contributed by atoms with Crippen molar-refractivity contribution in [2.45, 2.75) is 0 Å².